The van der Waals surface area contributed by atoms with Gasteiger partial charge in [-0.05, 0) is 77.7 Å². The SMILES string of the molecule is COc1cc(C=Nn2c(C3CCCCC3)nc3ccccc3c2=O)cc(Br)c1OCC(=O)Nc1ccc(C)cc1. The second kappa shape index (κ2) is 12.5. The molecule has 8 nitrogen and oxygen atoms in total. The van der Waals surface area contributed by atoms with E-state index in [0.29, 0.717) is 43.9 Å². The van der Waals surface area contributed by atoms with Crippen molar-refractivity contribution in [1.29, 1.82) is 0 Å². The summed E-state index contributed by atoms with van der Waals surface area (Å²) in [6, 6.07) is 18.5. The number of amides is 1. The molecule has 3 aromatic carbocycles. The maximum absolute atomic E-state index is 13.5. The molecule has 1 fully saturated rings. The number of aromatic nitrogens is 2. The molecule has 0 bridgehead atoms. The number of fused-ring (bicyclic) bond motifs is 1. The maximum Gasteiger partial charge on any atom is 0.282 e. The Hall–Kier alpha value is -3.98. The third-order valence-electron chi connectivity index (χ3n) is 7.01. The number of carbonyl (C=O) groups excluding carboxylic acids is 1. The topological polar surface area (TPSA) is 94.8 Å². The van der Waals surface area contributed by atoms with E-state index in [1.807, 2.05) is 49.4 Å². The number of methoxy groups -OCH3 is 1. The summed E-state index contributed by atoms with van der Waals surface area (Å²) in [4.78, 5) is 30.8. The van der Waals surface area contributed by atoms with Gasteiger partial charge in [0.2, 0.25) is 0 Å². The molecule has 0 radical (unpaired) electrons. The molecule has 1 amide bonds. The van der Waals surface area contributed by atoms with Crippen molar-refractivity contribution in [3.8, 4) is 11.5 Å². The van der Waals surface area contributed by atoms with Crippen LogP contribution in [0.5, 0.6) is 11.5 Å². The lowest BCUT2D eigenvalue weighted by molar-refractivity contribution is -0.118. The number of halogens is 1. The number of hydrogen-bond donors (Lipinski definition) is 1. The van der Waals surface area contributed by atoms with E-state index in [9.17, 15) is 9.59 Å². The highest BCUT2D eigenvalue weighted by atomic mass is 79.9. The number of rotatable bonds is 8. The summed E-state index contributed by atoms with van der Waals surface area (Å²) < 4.78 is 13.4. The highest BCUT2D eigenvalue weighted by molar-refractivity contribution is 9.10. The number of nitrogens with one attached hydrogen (secondary N) is 1. The van der Waals surface area contributed by atoms with Crippen molar-refractivity contribution in [2.24, 2.45) is 5.10 Å². The normalized spacial score (nSPS) is 14.0. The van der Waals surface area contributed by atoms with Crippen LogP contribution in [0.3, 0.4) is 0 Å². The summed E-state index contributed by atoms with van der Waals surface area (Å²) in [6.45, 7) is 1.79. The number of anilines is 1. The number of benzene rings is 3. The smallest absolute Gasteiger partial charge is 0.282 e. The number of hydrogen-bond acceptors (Lipinski definition) is 6. The quantitative estimate of drug-likeness (QED) is 0.235. The summed E-state index contributed by atoms with van der Waals surface area (Å²) in [6.07, 6.45) is 7.03. The molecular weight excluding hydrogens is 572 g/mol. The zero-order valence-corrected chi connectivity index (χ0v) is 24.1. The Balaban J connectivity index is 1.39. The van der Waals surface area contributed by atoms with Gasteiger partial charge >= 0.3 is 0 Å². The van der Waals surface area contributed by atoms with Gasteiger partial charge in [-0.15, -0.1) is 0 Å². The lowest BCUT2D eigenvalue weighted by Crippen LogP contribution is -2.25. The Bertz CT molecular complexity index is 1610. The van der Waals surface area contributed by atoms with Gasteiger partial charge in [-0.25, -0.2) is 4.98 Å². The van der Waals surface area contributed by atoms with Crippen molar-refractivity contribution in [2.45, 2.75) is 44.9 Å². The van der Waals surface area contributed by atoms with Gasteiger partial charge in [0.15, 0.2) is 18.1 Å². The van der Waals surface area contributed by atoms with Gasteiger partial charge in [0, 0.05) is 11.6 Å². The van der Waals surface area contributed by atoms with Crippen molar-refractivity contribution in [1.82, 2.24) is 9.66 Å². The highest BCUT2D eigenvalue weighted by Crippen LogP contribution is 2.36. The Morgan fingerprint density at radius 1 is 1.12 bits per heavy atom. The van der Waals surface area contributed by atoms with Gasteiger partial charge in [-0.1, -0.05) is 49.1 Å². The fourth-order valence-corrected chi connectivity index (χ4v) is 5.50. The van der Waals surface area contributed by atoms with Crippen molar-refractivity contribution in [3.05, 3.63) is 92.4 Å². The number of ether oxygens (including phenoxy) is 2. The zero-order valence-electron chi connectivity index (χ0n) is 22.5. The third kappa shape index (κ3) is 6.25. The summed E-state index contributed by atoms with van der Waals surface area (Å²) in [5.74, 6) is 1.42. The molecule has 206 valence electrons. The number of nitrogens with zero attached hydrogens (tertiary/aromatic N) is 3. The van der Waals surface area contributed by atoms with E-state index in [1.54, 1.807) is 24.4 Å². The first-order chi connectivity index (χ1) is 19.4. The fourth-order valence-electron chi connectivity index (χ4n) is 4.93. The predicted molar refractivity (Wildman–Crippen MR) is 161 cm³/mol. The Kier molecular flexibility index (Phi) is 8.60. The van der Waals surface area contributed by atoms with Crippen LogP contribution in [0.1, 0.15) is 55.0 Å². The fraction of sp³-hybridized carbons (Fsp3) is 0.290. The molecule has 5 rings (SSSR count). The van der Waals surface area contributed by atoms with Crippen molar-refractivity contribution in [2.75, 3.05) is 19.0 Å². The molecular formula is C31H31BrN4O4. The van der Waals surface area contributed by atoms with E-state index in [0.717, 1.165) is 31.2 Å². The van der Waals surface area contributed by atoms with Gasteiger partial charge in [0.05, 0.1) is 28.7 Å². The predicted octanol–water partition coefficient (Wildman–Crippen LogP) is 6.42. The lowest BCUT2D eigenvalue weighted by atomic mass is 9.88. The first-order valence-corrected chi connectivity index (χ1v) is 14.1. The average molecular weight is 604 g/mol. The number of para-hydroxylation sites is 1. The molecule has 1 N–H and O–H groups in total. The molecule has 0 aliphatic heterocycles. The standard InChI is InChI=1S/C31H31BrN4O4/c1-20-12-14-23(15-13-20)34-28(37)19-40-29-25(32)16-21(17-27(29)39-2)18-33-36-30(22-8-4-3-5-9-22)35-26-11-7-6-10-24(26)31(36)38/h6-7,10-18,22H,3-5,8-9,19H2,1-2H3,(H,34,37). The lowest BCUT2D eigenvalue weighted by Gasteiger charge is -2.22. The minimum atomic E-state index is -0.290. The average Bonchev–Trinajstić information content (AvgIpc) is 2.97. The second-order valence-corrected chi connectivity index (χ2v) is 10.8. The van der Waals surface area contributed by atoms with Crippen LogP contribution in [0.4, 0.5) is 5.69 Å². The van der Waals surface area contributed by atoms with Crippen LogP contribution < -0.4 is 20.3 Å². The monoisotopic (exact) mass is 602 g/mol. The first kappa shape index (κ1) is 27.6. The van der Waals surface area contributed by atoms with Gasteiger partial charge < -0.3 is 14.8 Å². The molecule has 1 aliphatic rings. The molecule has 40 heavy (non-hydrogen) atoms. The van der Waals surface area contributed by atoms with Gasteiger partial charge in [-0.2, -0.15) is 9.78 Å². The van der Waals surface area contributed by atoms with Crippen LogP contribution in [-0.4, -0.2) is 35.5 Å². The van der Waals surface area contributed by atoms with E-state index in [2.05, 4.69) is 26.3 Å². The first-order valence-electron chi connectivity index (χ1n) is 13.4. The number of aryl methyl sites for hydroxylation is 1. The van der Waals surface area contributed by atoms with Crippen LogP contribution in [0, 0.1) is 6.92 Å². The zero-order chi connectivity index (χ0) is 28.1. The van der Waals surface area contributed by atoms with Gasteiger partial charge in [0.1, 0.15) is 5.82 Å². The van der Waals surface area contributed by atoms with Crippen LogP contribution in [-0.2, 0) is 4.79 Å². The van der Waals surface area contributed by atoms with Crippen LogP contribution in [0.2, 0.25) is 0 Å². The van der Waals surface area contributed by atoms with Crippen molar-refractivity contribution >= 4 is 44.6 Å². The molecule has 1 saturated carbocycles. The Labute approximate surface area is 241 Å². The molecule has 1 aromatic heterocycles. The van der Waals surface area contributed by atoms with Crippen LogP contribution >= 0.6 is 15.9 Å². The van der Waals surface area contributed by atoms with E-state index >= 15 is 0 Å². The maximum atomic E-state index is 13.5. The minimum Gasteiger partial charge on any atom is -0.493 e. The summed E-state index contributed by atoms with van der Waals surface area (Å²) in [7, 11) is 1.53. The summed E-state index contributed by atoms with van der Waals surface area (Å²) >= 11 is 3.53. The van der Waals surface area contributed by atoms with Crippen LogP contribution in [0.25, 0.3) is 10.9 Å². The molecule has 0 saturated heterocycles. The summed E-state index contributed by atoms with van der Waals surface area (Å²) in [5, 5.41) is 7.96. The van der Waals surface area contributed by atoms with Gasteiger partial charge in [-0.3, -0.25) is 9.59 Å². The van der Waals surface area contributed by atoms with Crippen molar-refractivity contribution in [3.63, 3.8) is 0 Å². The molecule has 4 aromatic rings. The van der Waals surface area contributed by atoms with E-state index < -0.39 is 0 Å². The molecule has 1 aliphatic carbocycles. The third-order valence-corrected chi connectivity index (χ3v) is 7.60. The Morgan fingerprint density at radius 2 is 1.88 bits per heavy atom. The molecule has 0 spiro atoms. The van der Waals surface area contributed by atoms with E-state index in [4.69, 9.17) is 14.5 Å². The molecule has 9 heteroatoms. The van der Waals surface area contributed by atoms with Gasteiger partial charge in [0.25, 0.3) is 11.5 Å². The molecule has 1 heterocycles. The Morgan fingerprint density at radius 3 is 2.62 bits per heavy atom. The second-order valence-electron chi connectivity index (χ2n) is 9.92. The number of carbonyl (C=O) groups is 1. The van der Waals surface area contributed by atoms with E-state index in [1.165, 1.54) is 18.2 Å². The minimum absolute atomic E-state index is 0.186. The largest absolute Gasteiger partial charge is 0.493 e. The summed E-state index contributed by atoms with van der Waals surface area (Å²) in [5.41, 5.74) is 3.00. The molecule has 0 atom stereocenters. The van der Waals surface area contributed by atoms with Crippen LogP contribution in [0.15, 0.2) is 75.0 Å². The molecule has 0 unspecified atom stereocenters. The van der Waals surface area contributed by atoms with Crippen molar-refractivity contribution < 1.29 is 14.3 Å². The highest BCUT2D eigenvalue weighted by Gasteiger charge is 2.22. The van der Waals surface area contributed by atoms with E-state index in [-0.39, 0.29) is 24.0 Å².